The molecular weight excluding hydrogens is 507 g/mol. The molecule has 0 saturated heterocycles. The van der Waals surface area contributed by atoms with E-state index in [4.69, 9.17) is 0 Å². The smallest absolute Gasteiger partial charge is 0.333 e. The predicted octanol–water partition coefficient (Wildman–Crippen LogP) is 8.78. The van der Waals surface area contributed by atoms with Crippen molar-refractivity contribution in [3.05, 3.63) is 126 Å². The summed E-state index contributed by atoms with van der Waals surface area (Å²) < 4.78 is 2.69. The molecule has 0 aliphatic carbocycles. The Morgan fingerprint density at radius 1 is 0.500 bits per heavy atom. The van der Waals surface area contributed by atoms with Gasteiger partial charge in [-0.3, -0.25) is 0 Å². The zero-order valence-electron chi connectivity index (χ0n) is 23.9. The minimum atomic E-state index is 0.148. The summed E-state index contributed by atoms with van der Waals surface area (Å²) in [6, 6.07) is 41.2. The van der Waals surface area contributed by atoms with Crippen molar-refractivity contribution >= 4 is 56.6 Å². The lowest BCUT2D eigenvalue weighted by molar-refractivity contribution is 1.19. The van der Waals surface area contributed by atoms with Crippen LogP contribution in [0.5, 0.6) is 0 Å². The molecule has 0 fully saturated rings. The molecule has 0 spiro atoms. The first-order valence-electron chi connectivity index (χ1n) is 14.9. The molecule has 0 saturated carbocycles. The molecule has 0 radical (unpaired) electrons. The average Bonchev–Trinajstić information content (AvgIpc) is 3.35. The quantitative estimate of drug-likeness (QED) is 0.201. The van der Waals surface area contributed by atoms with Gasteiger partial charge in [-0.05, 0) is 89.3 Å². The first kappa shape index (κ1) is 22.6. The molecule has 7 aromatic rings. The van der Waals surface area contributed by atoms with E-state index >= 15 is 0 Å². The van der Waals surface area contributed by atoms with Crippen molar-refractivity contribution in [1.29, 1.82) is 0 Å². The highest BCUT2D eigenvalue weighted by Gasteiger charge is 2.46. The second-order valence-corrected chi connectivity index (χ2v) is 12.3. The molecule has 3 aliphatic heterocycles. The van der Waals surface area contributed by atoms with Crippen LogP contribution in [0.4, 0.5) is 17.1 Å². The maximum absolute atomic E-state index is 2.69. The highest BCUT2D eigenvalue weighted by atomic mass is 15.2. The SMILES string of the molecule is Cc1cc(C)c(N2c3cccc4c3B3c5c(cccc52)-c2cc(-c5ccccc5)cc5c6cccc-4c6n3c25)c(C)c1. The van der Waals surface area contributed by atoms with Crippen LogP contribution in [0.2, 0.25) is 0 Å². The van der Waals surface area contributed by atoms with Crippen LogP contribution in [-0.2, 0) is 0 Å². The molecule has 1 aromatic heterocycles. The molecule has 4 heterocycles. The Hall–Kier alpha value is -5.02. The second-order valence-electron chi connectivity index (χ2n) is 12.3. The standard InChI is InChI=1S/C39H27BN2/c1-22-18-23(2)37(24(3)19-22)41-33-16-8-12-27-29-14-7-15-30-32-21-26(25-10-5-4-6-11-25)20-31-28-13-9-17-34(41)36(28)40(35(27)33)42(38(29)30)39(31)32/h4-21H,1-3H3. The fraction of sp³-hybridized carbons (Fsp3) is 0.0769. The maximum Gasteiger partial charge on any atom is 0.333 e. The summed E-state index contributed by atoms with van der Waals surface area (Å²) in [6.07, 6.45) is 0. The van der Waals surface area contributed by atoms with Crippen LogP contribution in [0, 0.1) is 20.8 Å². The number of rotatable bonds is 2. The number of aromatic nitrogens is 1. The van der Waals surface area contributed by atoms with Gasteiger partial charge >= 0.3 is 6.85 Å². The normalized spacial score (nSPS) is 13.5. The number of hydrogen-bond acceptors (Lipinski definition) is 1. The molecule has 0 amide bonds. The molecule has 196 valence electrons. The number of anilines is 3. The van der Waals surface area contributed by atoms with Crippen molar-refractivity contribution in [3.63, 3.8) is 0 Å². The molecule has 42 heavy (non-hydrogen) atoms. The van der Waals surface area contributed by atoms with E-state index < -0.39 is 0 Å². The van der Waals surface area contributed by atoms with Gasteiger partial charge in [-0.25, -0.2) is 0 Å². The van der Waals surface area contributed by atoms with Crippen molar-refractivity contribution in [2.75, 3.05) is 4.90 Å². The van der Waals surface area contributed by atoms with E-state index in [-0.39, 0.29) is 6.85 Å². The third-order valence-corrected chi connectivity index (χ3v) is 9.92. The largest absolute Gasteiger partial charge is 0.375 e. The lowest BCUT2D eigenvalue weighted by atomic mass is 9.43. The second kappa shape index (κ2) is 7.63. The van der Waals surface area contributed by atoms with Crippen LogP contribution in [0.15, 0.2) is 109 Å². The summed E-state index contributed by atoms with van der Waals surface area (Å²) in [5.74, 6) is 0. The number of benzene rings is 6. The van der Waals surface area contributed by atoms with Crippen molar-refractivity contribution < 1.29 is 0 Å². The van der Waals surface area contributed by atoms with Crippen molar-refractivity contribution in [2.24, 2.45) is 0 Å². The van der Waals surface area contributed by atoms with Crippen LogP contribution < -0.4 is 15.8 Å². The number of para-hydroxylation sites is 1. The van der Waals surface area contributed by atoms with Gasteiger partial charge in [-0.15, -0.1) is 0 Å². The fourth-order valence-electron chi connectivity index (χ4n) is 8.55. The van der Waals surface area contributed by atoms with Gasteiger partial charge in [0.2, 0.25) is 0 Å². The minimum absolute atomic E-state index is 0.148. The van der Waals surface area contributed by atoms with E-state index in [2.05, 4.69) is 139 Å². The molecule has 3 aliphatic rings. The van der Waals surface area contributed by atoms with Gasteiger partial charge in [0.25, 0.3) is 0 Å². The molecule has 6 aromatic carbocycles. The first-order valence-corrected chi connectivity index (χ1v) is 14.9. The summed E-state index contributed by atoms with van der Waals surface area (Å²) in [5, 5.41) is 2.70. The first-order chi connectivity index (χ1) is 20.6. The van der Waals surface area contributed by atoms with Crippen LogP contribution in [0.3, 0.4) is 0 Å². The third-order valence-electron chi connectivity index (χ3n) is 9.92. The molecule has 0 bridgehead atoms. The monoisotopic (exact) mass is 534 g/mol. The van der Waals surface area contributed by atoms with Crippen molar-refractivity contribution in [3.8, 4) is 33.4 Å². The molecule has 0 unspecified atom stereocenters. The number of fused-ring (bicyclic) bond motifs is 3. The fourth-order valence-corrected chi connectivity index (χ4v) is 8.55. The Morgan fingerprint density at radius 2 is 1.12 bits per heavy atom. The van der Waals surface area contributed by atoms with Gasteiger partial charge in [0, 0.05) is 44.3 Å². The van der Waals surface area contributed by atoms with Gasteiger partial charge in [-0.1, -0.05) is 90.5 Å². The topological polar surface area (TPSA) is 8.17 Å². The van der Waals surface area contributed by atoms with Crippen LogP contribution in [0.1, 0.15) is 16.7 Å². The van der Waals surface area contributed by atoms with Crippen molar-refractivity contribution in [2.45, 2.75) is 20.8 Å². The minimum Gasteiger partial charge on any atom is -0.375 e. The molecule has 0 N–H and O–H groups in total. The number of hydrogen-bond donors (Lipinski definition) is 0. The Balaban J connectivity index is 1.42. The van der Waals surface area contributed by atoms with E-state index in [0.29, 0.717) is 0 Å². The predicted molar refractivity (Wildman–Crippen MR) is 179 cm³/mol. The molecule has 2 nitrogen and oxygen atoms in total. The van der Waals surface area contributed by atoms with E-state index in [1.54, 1.807) is 0 Å². The van der Waals surface area contributed by atoms with Gasteiger partial charge in [0.1, 0.15) is 0 Å². The van der Waals surface area contributed by atoms with E-state index in [9.17, 15) is 0 Å². The van der Waals surface area contributed by atoms with Gasteiger partial charge in [0.15, 0.2) is 0 Å². The van der Waals surface area contributed by atoms with Gasteiger partial charge in [0.05, 0.1) is 5.69 Å². The van der Waals surface area contributed by atoms with Crippen LogP contribution in [0.25, 0.3) is 55.2 Å². The lowest BCUT2D eigenvalue weighted by Crippen LogP contribution is -2.58. The average molecular weight is 534 g/mol. The lowest BCUT2D eigenvalue weighted by Gasteiger charge is -2.43. The van der Waals surface area contributed by atoms with E-state index in [0.717, 1.165) is 0 Å². The highest BCUT2D eigenvalue weighted by Crippen LogP contribution is 2.51. The maximum atomic E-state index is 2.69. The summed E-state index contributed by atoms with van der Waals surface area (Å²) in [5.41, 5.74) is 21.3. The van der Waals surface area contributed by atoms with E-state index in [1.807, 2.05) is 0 Å². The molecule has 10 rings (SSSR count). The van der Waals surface area contributed by atoms with Crippen LogP contribution in [-0.4, -0.2) is 11.3 Å². The molecular formula is C39H27BN2. The zero-order chi connectivity index (χ0) is 27.9. The summed E-state index contributed by atoms with van der Waals surface area (Å²) in [6.45, 7) is 6.88. The zero-order valence-corrected chi connectivity index (χ0v) is 23.9. The Morgan fingerprint density at radius 3 is 1.83 bits per heavy atom. The number of aryl methyl sites for hydroxylation is 3. The highest BCUT2D eigenvalue weighted by molar-refractivity contribution is 6.91. The van der Waals surface area contributed by atoms with Crippen LogP contribution >= 0.6 is 0 Å². The summed E-state index contributed by atoms with van der Waals surface area (Å²) in [7, 11) is 0. The van der Waals surface area contributed by atoms with E-state index in [1.165, 1.54) is 99.9 Å². The Bertz CT molecular complexity index is 2320. The Kier molecular flexibility index (Phi) is 4.11. The van der Waals surface area contributed by atoms with Gasteiger partial charge < -0.3 is 9.38 Å². The molecule has 3 heteroatoms. The molecule has 0 atom stereocenters. The number of nitrogens with zero attached hydrogens (tertiary/aromatic N) is 2. The third kappa shape index (κ3) is 2.59. The summed E-state index contributed by atoms with van der Waals surface area (Å²) in [4.78, 5) is 2.57. The van der Waals surface area contributed by atoms with Gasteiger partial charge in [-0.2, -0.15) is 0 Å². The van der Waals surface area contributed by atoms with Crippen molar-refractivity contribution in [1.82, 2.24) is 4.48 Å². The Labute approximate surface area is 245 Å². The summed E-state index contributed by atoms with van der Waals surface area (Å²) >= 11 is 0.